The monoisotopic (exact) mass is 256 g/mol. The zero-order valence-electron chi connectivity index (χ0n) is 11.3. The van der Waals surface area contributed by atoms with Crippen molar-refractivity contribution >= 4 is 0 Å². The van der Waals surface area contributed by atoms with E-state index in [4.69, 9.17) is 9.47 Å². The molecule has 2 aromatic carbocycles. The number of rotatable bonds is 7. The zero-order chi connectivity index (χ0) is 13.3. The lowest BCUT2D eigenvalue weighted by Crippen LogP contribution is -1.98. The Morgan fingerprint density at radius 1 is 0.789 bits per heavy atom. The number of hydrogen-bond donors (Lipinski definition) is 0. The van der Waals surface area contributed by atoms with Crippen LogP contribution in [-0.2, 0) is 6.42 Å². The molecule has 19 heavy (non-hydrogen) atoms. The van der Waals surface area contributed by atoms with E-state index in [0.29, 0.717) is 0 Å². The van der Waals surface area contributed by atoms with E-state index in [-0.39, 0.29) is 0 Å². The van der Waals surface area contributed by atoms with E-state index in [2.05, 4.69) is 12.1 Å². The molecule has 2 nitrogen and oxygen atoms in total. The number of aryl methyl sites for hydroxylation is 1. The van der Waals surface area contributed by atoms with Gasteiger partial charge in [0, 0.05) is 0 Å². The Balaban J connectivity index is 1.63. The van der Waals surface area contributed by atoms with Crippen LogP contribution in [0.4, 0.5) is 0 Å². The molecule has 0 aromatic heterocycles. The predicted molar refractivity (Wildman–Crippen MR) is 77.9 cm³/mol. The smallest absolute Gasteiger partial charge is 0.119 e. The second-order valence-corrected chi connectivity index (χ2v) is 4.47. The Labute approximate surface area is 115 Å². The van der Waals surface area contributed by atoms with Crippen molar-refractivity contribution in [3.05, 3.63) is 60.2 Å². The maximum Gasteiger partial charge on any atom is 0.119 e. The average molecular weight is 256 g/mol. The van der Waals surface area contributed by atoms with Crippen molar-refractivity contribution in [1.82, 2.24) is 0 Å². The highest BCUT2D eigenvalue weighted by molar-refractivity contribution is 5.27. The van der Waals surface area contributed by atoms with Gasteiger partial charge in [0.25, 0.3) is 0 Å². The first kappa shape index (κ1) is 13.5. The minimum absolute atomic E-state index is 0.778. The van der Waals surface area contributed by atoms with Crippen LogP contribution in [0.2, 0.25) is 0 Å². The van der Waals surface area contributed by atoms with Gasteiger partial charge in [-0.3, -0.25) is 0 Å². The number of ether oxygens (including phenoxy) is 2. The molecule has 0 atom stereocenters. The van der Waals surface area contributed by atoms with E-state index in [1.54, 1.807) is 7.11 Å². The number of benzene rings is 2. The molecule has 0 spiro atoms. The zero-order valence-corrected chi connectivity index (χ0v) is 11.3. The molecule has 0 N–H and O–H groups in total. The lowest BCUT2D eigenvalue weighted by atomic mass is 10.1. The van der Waals surface area contributed by atoms with E-state index in [1.807, 2.05) is 42.5 Å². The maximum atomic E-state index is 5.66. The van der Waals surface area contributed by atoms with Crippen molar-refractivity contribution in [2.45, 2.75) is 19.3 Å². The van der Waals surface area contributed by atoms with Crippen LogP contribution in [0.25, 0.3) is 0 Å². The van der Waals surface area contributed by atoms with Gasteiger partial charge in [-0.1, -0.05) is 30.3 Å². The summed E-state index contributed by atoms with van der Waals surface area (Å²) in [6.45, 7) is 0.778. The van der Waals surface area contributed by atoms with Crippen LogP contribution in [0, 0.1) is 0 Å². The predicted octanol–water partition coefficient (Wildman–Crippen LogP) is 4.10. The van der Waals surface area contributed by atoms with Crippen molar-refractivity contribution in [2.75, 3.05) is 13.7 Å². The Kier molecular flexibility index (Phi) is 5.30. The maximum absolute atomic E-state index is 5.66. The molecule has 0 aliphatic carbocycles. The van der Waals surface area contributed by atoms with Gasteiger partial charge < -0.3 is 9.47 Å². The summed E-state index contributed by atoms with van der Waals surface area (Å²) in [6, 6.07) is 18.2. The van der Waals surface area contributed by atoms with Gasteiger partial charge in [-0.2, -0.15) is 0 Å². The van der Waals surface area contributed by atoms with Gasteiger partial charge in [0.15, 0.2) is 0 Å². The molecule has 0 unspecified atom stereocenters. The SMILES string of the molecule is COc1ccc(CCCCOc2ccccc2)cc1. The summed E-state index contributed by atoms with van der Waals surface area (Å²) in [6.07, 6.45) is 3.29. The van der Waals surface area contributed by atoms with E-state index in [1.165, 1.54) is 5.56 Å². The summed E-state index contributed by atoms with van der Waals surface area (Å²) >= 11 is 0. The molecule has 0 radical (unpaired) electrons. The molecule has 2 aromatic rings. The van der Waals surface area contributed by atoms with Gasteiger partial charge in [0.2, 0.25) is 0 Å². The summed E-state index contributed by atoms with van der Waals surface area (Å²) < 4.78 is 10.8. The molecule has 2 rings (SSSR count). The van der Waals surface area contributed by atoms with Crippen LogP contribution in [0.15, 0.2) is 54.6 Å². The Hall–Kier alpha value is -1.96. The molecule has 0 heterocycles. The minimum Gasteiger partial charge on any atom is -0.497 e. The highest BCUT2D eigenvalue weighted by atomic mass is 16.5. The van der Waals surface area contributed by atoms with Crippen LogP contribution < -0.4 is 9.47 Å². The summed E-state index contributed by atoms with van der Waals surface area (Å²) in [5.41, 5.74) is 1.35. The lowest BCUT2D eigenvalue weighted by Gasteiger charge is -2.06. The fourth-order valence-corrected chi connectivity index (χ4v) is 1.93. The van der Waals surface area contributed by atoms with Gasteiger partial charge in [0.1, 0.15) is 11.5 Å². The molecular weight excluding hydrogens is 236 g/mol. The molecule has 0 saturated carbocycles. The van der Waals surface area contributed by atoms with Gasteiger partial charge in [0.05, 0.1) is 13.7 Å². The summed E-state index contributed by atoms with van der Waals surface area (Å²) in [5, 5.41) is 0. The molecule has 0 bridgehead atoms. The number of unbranched alkanes of at least 4 members (excludes halogenated alkanes) is 1. The Bertz CT molecular complexity index is 462. The molecule has 0 amide bonds. The second-order valence-electron chi connectivity index (χ2n) is 4.47. The normalized spacial score (nSPS) is 10.2. The van der Waals surface area contributed by atoms with Gasteiger partial charge in [-0.25, -0.2) is 0 Å². The molecular formula is C17H20O2. The fourth-order valence-electron chi connectivity index (χ4n) is 1.93. The first-order chi connectivity index (χ1) is 9.38. The van der Waals surface area contributed by atoms with Crippen molar-refractivity contribution < 1.29 is 9.47 Å². The number of para-hydroxylation sites is 1. The van der Waals surface area contributed by atoms with Crippen molar-refractivity contribution in [3.63, 3.8) is 0 Å². The van der Waals surface area contributed by atoms with E-state index in [9.17, 15) is 0 Å². The highest BCUT2D eigenvalue weighted by Crippen LogP contribution is 2.14. The third-order valence-corrected chi connectivity index (χ3v) is 3.03. The van der Waals surface area contributed by atoms with Crippen molar-refractivity contribution in [2.24, 2.45) is 0 Å². The summed E-state index contributed by atoms with van der Waals surface area (Å²) in [4.78, 5) is 0. The fraction of sp³-hybridized carbons (Fsp3) is 0.294. The molecule has 100 valence electrons. The average Bonchev–Trinajstić information content (AvgIpc) is 2.49. The topological polar surface area (TPSA) is 18.5 Å². The van der Waals surface area contributed by atoms with Crippen LogP contribution in [0.3, 0.4) is 0 Å². The first-order valence-corrected chi connectivity index (χ1v) is 6.69. The van der Waals surface area contributed by atoms with Gasteiger partial charge in [-0.05, 0) is 49.1 Å². The van der Waals surface area contributed by atoms with Crippen LogP contribution >= 0.6 is 0 Å². The van der Waals surface area contributed by atoms with Crippen LogP contribution in [0.5, 0.6) is 11.5 Å². The third kappa shape index (κ3) is 4.66. The first-order valence-electron chi connectivity index (χ1n) is 6.69. The van der Waals surface area contributed by atoms with Crippen molar-refractivity contribution in [1.29, 1.82) is 0 Å². The highest BCUT2D eigenvalue weighted by Gasteiger charge is 1.96. The Morgan fingerprint density at radius 3 is 2.21 bits per heavy atom. The quantitative estimate of drug-likeness (QED) is 0.694. The summed E-state index contributed by atoms with van der Waals surface area (Å²) in [5.74, 6) is 1.86. The van der Waals surface area contributed by atoms with E-state index < -0.39 is 0 Å². The molecule has 0 fully saturated rings. The van der Waals surface area contributed by atoms with Gasteiger partial charge >= 0.3 is 0 Å². The van der Waals surface area contributed by atoms with Gasteiger partial charge in [-0.15, -0.1) is 0 Å². The summed E-state index contributed by atoms with van der Waals surface area (Å²) in [7, 11) is 1.69. The number of hydrogen-bond acceptors (Lipinski definition) is 2. The lowest BCUT2D eigenvalue weighted by molar-refractivity contribution is 0.307. The molecule has 2 heteroatoms. The third-order valence-electron chi connectivity index (χ3n) is 3.03. The molecule has 0 aliphatic heterocycles. The van der Waals surface area contributed by atoms with Crippen molar-refractivity contribution in [3.8, 4) is 11.5 Å². The standard InChI is InChI=1S/C17H20O2/c1-18-16-12-10-15(11-13-16)7-5-6-14-19-17-8-3-2-4-9-17/h2-4,8-13H,5-7,14H2,1H3. The molecule has 0 aliphatic rings. The van der Waals surface area contributed by atoms with Crippen LogP contribution in [-0.4, -0.2) is 13.7 Å². The Morgan fingerprint density at radius 2 is 1.53 bits per heavy atom. The number of methoxy groups -OCH3 is 1. The van der Waals surface area contributed by atoms with E-state index in [0.717, 1.165) is 37.4 Å². The van der Waals surface area contributed by atoms with Crippen LogP contribution in [0.1, 0.15) is 18.4 Å². The minimum atomic E-state index is 0.778. The molecule has 0 saturated heterocycles. The van der Waals surface area contributed by atoms with E-state index >= 15 is 0 Å². The second kappa shape index (κ2) is 7.47. The largest absolute Gasteiger partial charge is 0.497 e.